The van der Waals surface area contributed by atoms with Crippen LogP contribution in [0.2, 0.25) is 0 Å². The number of ether oxygens (including phenoxy) is 1. The Morgan fingerprint density at radius 2 is 1.85 bits per heavy atom. The number of amides is 1. The highest BCUT2D eigenvalue weighted by atomic mass is 16.5. The van der Waals surface area contributed by atoms with E-state index in [0.29, 0.717) is 31.8 Å². The molecule has 6 nitrogen and oxygen atoms in total. The van der Waals surface area contributed by atoms with Crippen molar-refractivity contribution in [1.82, 2.24) is 9.80 Å². The minimum atomic E-state index is -0.312. The number of carbonyl (C=O) groups is 1. The molecule has 0 saturated carbocycles. The quantitative estimate of drug-likeness (QED) is 0.776. The van der Waals surface area contributed by atoms with E-state index >= 15 is 0 Å². The van der Waals surface area contributed by atoms with Crippen molar-refractivity contribution in [3.05, 3.63) is 45.3 Å². The van der Waals surface area contributed by atoms with E-state index in [4.69, 9.17) is 9.15 Å². The van der Waals surface area contributed by atoms with Gasteiger partial charge in [-0.15, -0.1) is 0 Å². The molecule has 2 aliphatic rings. The number of aryl methyl sites for hydroxylation is 2. The number of fused-ring (bicyclic) bond motifs is 1. The van der Waals surface area contributed by atoms with Crippen molar-refractivity contribution in [2.75, 3.05) is 32.8 Å². The first-order chi connectivity index (χ1) is 13.0. The van der Waals surface area contributed by atoms with Crippen LogP contribution in [0.1, 0.15) is 29.5 Å². The molecule has 0 aliphatic carbocycles. The van der Waals surface area contributed by atoms with E-state index in [1.165, 1.54) is 5.56 Å². The normalized spacial score (nSPS) is 21.1. The minimum Gasteiger partial charge on any atom is -0.423 e. The molecule has 1 atom stereocenters. The lowest BCUT2D eigenvalue weighted by Crippen LogP contribution is -2.51. The summed E-state index contributed by atoms with van der Waals surface area (Å²) in [7, 11) is 0. The Kier molecular flexibility index (Phi) is 5.02. The molecule has 0 spiro atoms. The molecule has 1 aromatic heterocycles. The van der Waals surface area contributed by atoms with E-state index < -0.39 is 0 Å². The molecule has 6 heteroatoms. The second-order valence-electron chi connectivity index (χ2n) is 7.63. The van der Waals surface area contributed by atoms with Crippen molar-refractivity contribution >= 4 is 16.9 Å². The fraction of sp³-hybridized carbons (Fsp3) is 0.524. The monoisotopic (exact) mass is 370 g/mol. The van der Waals surface area contributed by atoms with Crippen molar-refractivity contribution in [3.8, 4) is 0 Å². The SMILES string of the molecule is Cc1cc2oc(=O)cc(CN3CCN(C(=O)C4CCCO4)CC3)c2cc1C. The highest BCUT2D eigenvalue weighted by Crippen LogP contribution is 2.23. The fourth-order valence-corrected chi connectivity index (χ4v) is 3.96. The molecule has 4 rings (SSSR count). The molecule has 2 fully saturated rings. The minimum absolute atomic E-state index is 0.129. The third kappa shape index (κ3) is 3.77. The third-order valence-corrected chi connectivity index (χ3v) is 5.73. The van der Waals surface area contributed by atoms with Gasteiger partial charge in [0.05, 0.1) is 0 Å². The summed E-state index contributed by atoms with van der Waals surface area (Å²) < 4.78 is 10.9. The van der Waals surface area contributed by atoms with E-state index in [0.717, 1.165) is 42.4 Å². The first-order valence-electron chi connectivity index (χ1n) is 9.68. The molecule has 2 aliphatic heterocycles. The average Bonchev–Trinajstić information content (AvgIpc) is 3.18. The molecule has 1 aromatic carbocycles. The number of piperazine rings is 1. The Morgan fingerprint density at radius 1 is 1.11 bits per heavy atom. The maximum Gasteiger partial charge on any atom is 0.336 e. The highest BCUT2D eigenvalue weighted by molar-refractivity contribution is 5.82. The van der Waals surface area contributed by atoms with E-state index in [1.54, 1.807) is 6.07 Å². The number of hydrogen-bond donors (Lipinski definition) is 0. The lowest BCUT2D eigenvalue weighted by Gasteiger charge is -2.35. The summed E-state index contributed by atoms with van der Waals surface area (Å²) in [5, 5.41) is 0.996. The predicted octanol–water partition coefficient (Wildman–Crippen LogP) is 2.23. The van der Waals surface area contributed by atoms with Crippen molar-refractivity contribution in [3.63, 3.8) is 0 Å². The average molecular weight is 370 g/mol. The topological polar surface area (TPSA) is 63.0 Å². The largest absolute Gasteiger partial charge is 0.423 e. The lowest BCUT2D eigenvalue weighted by atomic mass is 10.0. The number of rotatable bonds is 3. The molecule has 27 heavy (non-hydrogen) atoms. The molecule has 144 valence electrons. The van der Waals surface area contributed by atoms with Gasteiger partial charge in [0.1, 0.15) is 11.7 Å². The van der Waals surface area contributed by atoms with Gasteiger partial charge in [0, 0.05) is 50.8 Å². The van der Waals surface area contributed by atoms with E-state index in [1.807, 2.05) is 17.9 Å². The van der Waals surface area contributed by atoms with Gasteiger partial charge in [-0.2, -0.15) is 0 Å². The first kappa shape index (κ1) is 18.2. The van der Waals surface area contributed by atoms with Gasteiger partial charge in [-0.3, -0.25) is 9.69 Å². The number of benzene rings is 1. The fourth-order valence-electron chi connectivity index (χ4n) is 3.96. The van der Waals surface area contributed by atoms with Gasteiger partial charge in [0.15, 0.2) is 0 Å². The second-order valence-corrected chi connectivity index (χ2v) is 7.63. The van der Waals surface area contributed by atoms with Gasteiger partial charge in [-0.1, -0.05) is 0 Å². The Hall–Kier alpha value is -2.18. The molecule has 1 unspecified atom stereocenters. The van der Waals surface area contributed by atoms with Crippen molar-refractivity contribution in [2.24, 2.45) is 0 Å². The van der Waals surface area contributed by atoms with Crippen molar-refractivity contribution in [1.29, 1.82) is 0 Å². The van der Waals surface area contributed by atoms with Crippen LogP contribution in [0.15, 0.2) is 27.4 Å². The number of carbonyl (C=O) groups excluding carboxylic acids is 1. The predicted molar refractivity (Wildman–Crippen MR) is 103 cm³/mol. The van der Waals surface area contributed by atoms with E-state index in [2.05, 4.69) is 17.9 Å². The molecule has 3 heterocycles. The molecular weight excluding hydrogens is 344 g/mol. The zero-order valence-corrected chi connectivity index (χ0v) is 16.0. The van der Waals surface area contributed by atoms with Gasteiger partial charge in [-0.05, 0) is 55.5 Å². The number of hydrogen-bond acceptors (Lipinski definition) is 5. The van der Waals surface area contributed by atoms with Gasteiger partial charge >= 0.3 is 5.63 Å². The molecule has 0 N–H and O–H groups in total. The zero-order valence-electron chi connectivity index (χ0n) is 16.0. The summed E-state index contributed by atoms with van der Waals surface area (Å²) in [6.45, 7) is 8.47. The summed E-state index contributed by atoms with van der Waals surface area (Å²) in [4.78, 5) is 28.7. The summed E-state index contributed by atoms with van der Waals surface area (Å²) in [6.07, 6.45) is 1.56. The Labute approximate surface area is 158 Å². The second kappa shape index (κ2) is 7.44. The molecule has 0 radical (unpaired) electrons. The van der Waals surface area contributed by atoms with Crippen LogP contribution in [0.3, 0.4) is 0 Å². The summed E-state index contributed by atoms with van der Waals surface area (Å²) in [6, 6.07) is 5.63. The summed E-state index contributed by atoms with van der Waals surface area (Å²) in [5.74, 6) is 0.129. The van der Waals surface area contributed by atoms with E-state index in [9.17, 15) is 9.59 Å². The Bertz CT molecular complexity index is 906. The van der Waals surface area contributed by atoms with Crippen molar-refractivity contribution in [2.45, 2.75) is 39.3 Å². The maximum atomic E-state index is 12.5. The Morgan fingerprint density at radius 3 is 2.56 bits per heavy atom. The van der Waals surface area contributed by atoms with Crippen LogP contribution in [-0.4, -0.2) is 54.6 Å². The molecular formula is C21H26N2O4. The van der Waals surface area contributed by atoms with Crippen LogP contribution in [0.4, 0.5) is 0 Å². The Balaban J connectivity index is 1.47. The third-order valence-electron chi connectivity index (χ3n) is 5.73. The maximum absolute atomic E-state index is 12.5. The first-order valence-corrected chi connectivity index (χ1v) is 9.68. The van der Waals surface area contributed by atoms with Crippen molar-refractivity contribution < 1.29 is 13.9 Å². The van der Waals surface area contributed by atoms with Crippen LogP contribution in [0.25, 0.3) is 11.0 Å². The standard InChI is InChI=1S/C21H26N2O4/c1-14-10-17-16(12-20(24)27-19(17)11-15(14)2)13-22-5-7-23(8-6-22)21(25)18-4-3-9-26-18/h10-12,18H,3-9,13H2,1-2H3. The summed E-state index contributed by atoms with van der Waals surface area (Å²) >= 11 is 0. The smallest absolute Gasteiger partial charge is 0.336 e. The van der Waals surface area contributed by atoms with Crippen LogP contribution in [0, 0.1) is 13.8 Å². The van der Waals surface area contributed by atoms with Gasteiger partial charge in [-0.25, -0.2) is 4.79 Å². The van der Waals surface area contributed by atoms with Crippen LogP contribution in [0.5, 0.6) is 0 Å². The molecule has 0 bridgehead atoms. The van der Waals surface area contributed by atoms with Crippen LogP contribution < -0.4 is 5.63 Å². The zero-order chi connectivity index (χ0) is 19.0. The van der Waals surface area contributed by atoms with Gasteiger partial charge < -0.3 is 14.1 Å². The lowest BCUT2D eigenvalue weighted by molar-refractivity contribution is -0.142. The van der Waals surface area contributed by atoms with Crippen LogP contribution >= 0.6 is 0 Å². The van der Waals surface area contributed by atoms with Crippen LogP contribution in [-0.2, 0) is 16.1 Å². The molecule has 2 aromatic rings. The number of nitrogens with zero attached hydrogens (tertiary/aromatic N) is 2. The van der Waals surface area contributed by atoms with Gasteiger partial charge in [0.2, 0.25) is 0 Å². The molecule has 2 saturated heterocycles. The van der Waals surface area contributed by atoms with Gasteiger partial charge in [0.25, 0.3) is 5.91 Å². The highest BCUT2D eigenvalue weighted by Gasteiger charge is 2.30. The molecule has 1 amide bonds. The van der Waals surface area contributed by atoms with E-state index in [-0.39, 0.29) is 17.6 Å². The summed E-state index contributed by atoms with van der Waals surface area (Å²) in [5.41, 5.74) is 3.62.